The molecule has 21 heavy (non-hydrogen) atoms. The molecule has 1 aromatic rings. The number of rotatable bonds is 8. The number of benzene rings is 1. The quantitative estimate of drug-likeness (QED) is 0.744. The van der Waals surface area contributed by atoms with E-state index in [1.165, 1.54) is 0 Å². The van der Waals surface area contributed by atoms with Crippen molar-refractivity contribution in [2.24, 2.45) is 0 Å². The first-order chi connectivity index (χ1) is 10.0. The highest BCUT2D eigenvalue weighted by Crippen LogP contribution is 2.14. The third kappa shape index (κ3) is 7.11. The Labute approximate surface area is 130 Å². The minimum Gasteiger partial charge on any atom is -0.466 e. The lowest BCUT2D eigenvalue weighted by Crippen LogP contribution is -2.35. The fourth-order valence-electron chi connectivity index (χ4n) is 1.73. The largest absolute Gasteiger partial charge is 0.466 e. The zero-order chi connectivity index (χ0) is 15.7. The van der Waals surface area contributed by atoms with E-state index < -0.39 is 0 Å². The van der Waals surface area contributed by atoms with Crippen LogP contribution in [-0.4, -0.2) is 43.5 Å². The van der Waals surface area contributed by atoms with Gasteiger partial charge in [0.05, 0.1) is 19.6 Å². The van der Waals surface area contributed by atoms with Crippen LogP contribution in [-0.2, 0) is 20.9 Å². The lowest BCUT2D eigenvalue weighted by Gasteiger charge is -2.15. The van der Waals surface area contributed by atoms with E-state index in [0.717, 1.165) is 5.56 Å². The average Bonchev–Trinajstić information content (AvgIpc) is 2.44. The number of halogens is 1. The van der Waals surface area contributed by atoms with Gasteiger partial charge in [-0.3, -0.25) is 14.5 Å². The minimum absolute atomic E-state index is 0.110. The van der Waals surface area contributed by atoms with E-state index in [-0.39, 0.29) is 24.8 Å². The van der Waals surface area contributed by atoms with Crippen LogP contribution in [0.3, 0.4) is 0 Å². The third-order valence-electron chi connectivity index (χ3n) is 2.85. The summed E-state index contributed by atoms with van der Waals surface area (Å²) in [5, 5.41) is 3.44. The number of amides is 1. The molecule has 0 aromatic heterocycles. The number of nitrogens with one attached hydrogen (secondary N) is 1. The Balaban J connectivity index is 2.27. The summed E-state index contributed by atoms with van der Waals surface area (Å²) in [7, 11) is 1.79. The molecule has 0 aliphatic rings. The molecule has 0 saturated carbocycles. The van der Waals surface area contributed by atoms with Crippen LogP contribution in [0.25, 0.3) is 0 Å². The molecule has 0 unspecified atom stereocenters. The number of hydrogen-bond acceptors (Lipinski definition) is 4. The van der Waals surface area contributed by atoms with Crippen molar-refractivity contribution < 1.29 is 14.3 Å². The van der Waals surface area contributed by atoms with Crippen LogP contribution in [0.1, 0.15) is 18.9 Å². The van der Waals surface area contributed by atoms with Crippen LogP contribution < -0.4 is 5.32 Å². The second kappa shape index (κ2) is 9.37. The van der Waals surface area contributed by atoms with Gasteiger partial charge in [0.25, 0.3) is 0 Å². The highest BCUT2D eigenvalue weighted by molar-refractivity contribution is 6.31. The summed E-state index contributed by atoms with van der Waals surface area (Å²) in [6.45, 7) is 3.25. The van der Waals surface area contributed by atoms with Gasteiger partial charge in [0.2, 0.25) is 5.91 Å². The summed E-state index contributed by atoms with van der Waals surface area (Å²) in [6.07, 6.45) is 0.280. The van der Waals surface area contributed by atoms with Crippen molar-refractivity contribution in [1.29, 1.82) is 0 Å². The fraction of sp³-hybridized carbons (Fsp3) is 0.467. The molecule has 0 saturated heterocycles. The van der Waals surface area contributed by atoms with E-state index in [1.54, 1.807) is 24.9 Å². The summed E-state index contributed by atoms with van der Waals surface area (Å²) in [5.41, 5.74) is 0.877. The predicted octanol–water partition coefficient (Wildman–Crippen LogP) is 1.84. The minimum atomic E-state index is -0.249. The molecule has 1 amide bonds. The maximum Gasteiger partial charge on any atom is 0.307 e. The van der Waals surface area contributed by atoms with Crippen molar-refractivity contribution in [3.05, 3.63) is 34.9 Å². The van der Waals surface area contributed by atoms with Crippen molar-refractivity contribution >= 4 is 23.5 Å². The van der Waals surface area contributed by atoms with Crippen LogP contribution in [0.15, 0.2) is 24.3 Å². The first-order valence-corrected chi connectivity index (χ1v) is 7.25. The van der Waals surface area contributed by atoms with E-state index >= 15 is 0 Å². The molecule has 0 fully saturated rings. The SMILES string of the molecule is CCOC(=O)CCN(C)CC(=O)NCc1ccccc1Cl. The molecule has 0 aliphatic carbocycles. The highest BCUT2D eigenvalue weighted by Gasteiger charge is 2.09. The Hall–Kier alpha value is -1.59. The van der Waals surface area contributed by atoms with Gasteiger partial charge < -0.3 is 10.1 Å². The normalized spacial score (nSPS) is 10.5. The van der Waals surface area contributed by atoms with Crippen molar-refractivity contribution in [1.82, 2.24) is 10.2 Å². The van der Waals surface area contributed by atoms with Gasteiger partial charge in [0.1, 0.15) is 0 Å². The molecule has 0 heterocycles. The van der Waals surface area contributed by atoms with Crippen LogP contribution >= 0.6 is 11.6 Å². The number of carbonyl (C=O) groups is 2. The summed E-state index contributed by atoms with van der Waals surface area (Å²) >= 11 is 6.01. The zero-order valence-electron chi connectivity index (χ0n) is 12.4. The molecule has 6 heteroatoms. The molecule has 5 nitrogen and oxygen atoms in total. The van der Waals surface area contributed by atoms with E-state index in [4.69, 9.17) is 16.3 Å². The van der Waals surface area contributed by atoms with E-state index in [1.807, 2.05) is 18.2 Å². The van der Waals surface area contributed by atoms with Gasteiger partial charge in [-0.05, 0) is 25.6 Å². The lowest BCUT2D eigenvalue weighted by molar-refractivity contribution is -0.143. The number of nitrogens with zero attached hydrogens (tertiary/aromatic N) is 1. The molecule has 0 spiro atoms. The highest BCUT2D eigenvalue weighted by atomic mass is 35.5. The van der Waals surface area contributed by atoms with E-state index in [2.05, 4.69) is 5.32 Å². The average molecular weight is 313 g/mol. The third-order valence-corrected chi connectivity index (χ3v) is 3.22. The number of esters is 1. The number of likely N-dealkylation sites (N-methyl/N-ethyl adjacent to an activating group) is 1. The van der Waals surface area contributed by atoms with Gasteiger partial charge in [0, 0.05) is 18.1 Å². The second-order valence-electron chi connectivity index (χ2n) is 4.66. The number of ether oxygens (including phenoxy) is 1. The molecular weight excluding hydrogens is 292 g/mol. The zero-order valence-corrected chi connectivity index (χ0v) is 13.2. The molecule has 1 aromatic carbocycles. The molecule has 0 aliphatic heterocycles. The molecule has 116 valence electrons. The van der Waals surface area contributed by atoms with E-state index in [0.29, 0.717) is 24.7 Å². The Morgan fingerprint density at radius 2 is 2.05 bits per heavy atom. The maximum absolute atomic E-state index is 11.8. The standard InChI is InChI=1S/C15H21ClN2O3/c1-3-21-15(20)8-9-18(2)11-14(19)17-10-12-6-4-5-7-13(12)16/h4-7H,3,8-11H2,1-2H3,(H,17,19). The van der Waals surface area contributed by atoms with E-state index in [9.17, 15) is 9.59 Å². The van der Waals surface area contributed by atoms with Crippen LogP contribution in [0.4, 0.5) is 0 Å². The molecule has 0 bridgehead atoms. The summed E-state index contributed by atoms with van der Waals surface area (Å²) in [4.78, 5) is 24.8. The van der Waals surface area contributed by atoms with Crippen molar-refractivity contribution in [2.75, 3.05) is 26.7 Å². The second-order valence-corrected chi connectivity index (χ2v) is 5.07. The van der Waals surface area contributed by atoms with Crippen LogP contribution in [0, 0.1) is 0 Å². The van der Waals surface area contributed by atoms with Gasteiger partial charge in [-0.15, -0.1) is 0 Å². The maximum atomic E-state index is 11.8. The van der Waals surface area contributed by atoms with Crippen LogP contribution in [0.5, 0.6) is 0 Å². The van der Waals surface area contributed by atoms with Crippen LogP contribution in [0.2, 0.25) is 5.02 Å². The monoisotopic (exact) mass is 312 g/mol. The molecule has 1 rings (SSSR count). The first-order valence-electron chi connectivity index (χ1n) is 6.87. The summed E-state index contributed by atoms with van der Waals surface area (Å²) < 4.78 is 4.83. The summed E-state index contributed by atoms with van der Waals surface area (Å²) in [6, 6.07) is 7.37. The van der Waals surface area contributed by atoms with Gasteiger partial charge in [0.15, 0.2) is 0 Å². The Bertz CT molecular complexity index is 480. The Kier molecular flexibility index (Phi) is 7.79. The molecule has 0 atom stereocenters. The Morgan fingerprint density at radius 3 is 2.71 bits per heavy atom. The smallest absolute Gasteiger partial charge is 0.307 e. The molecular formula is C15H21ClN2O3. The predicted molar refractivity (Wildman–Crippen MR) is 82.0 cm³/mol. The molecule has 1 N–H and O–H groups in total. The molecule has 0 radical (unpaired) electrons. The number of carbonyl (C=O) groups excluding carboxylic acids is 2. The van der Waals surface area contributed by atoms with Gasteiger partial charge in [-0.25, -0.2) is 0 Å². The van der Waals surface area contributed by atoms with Crippen molar-refractivity contribution in [3.63, 3.8) is 0 Å². The topological polar surface area (TPSA) is 58.6 Å². The van der Waals surface area contributed by atoms with Gasteiger partial charge in [-0.2, -0.15) is 0 Å². The van der Waals surface area contributed by atoms with Gasteiger partial charge >= 0.3 is 5.97 Å². The van der Waals surface area contributed by atoms with Gasteiger partial charge in [-0.1, -0.05) is 29.8 Å². The lowest BCUT2D eigenvalue weighted by atomic mass is 10.2. The summed E-state index contributed by atoms with van der Waals surface area (Å²) in [5.74, 6) is -0.359. The first kappa shape index (κ1) is 17.5. The van der Waals surface area contributed by atoms with Crippen molar-refractivity contribution in [3.8, 4) is 0 Å². The van der Waals surface area contributed by atoms with Crippen molar-refractivity contribution in [2.45, 2.75) is 19.9 Å². The fourth-order valence-corrected chi connectivity index (χ4v) is 1.93. The number of hydrogen-bond donors (Lipinski definition) is 1. The Morgan fingerprint density at radius 1 is 1.33 bits per heavy atom.